The fourth-order valence-electron chi connectivity index (χ4n) is 3.66. The van der Waals surface area contributed by atoms with Crippen molar-refractivity contribution in [3.63, 3.8) is 0 Å². The van der Waals surface area contributed by atoms with E-state index in [1.165, 1.54) is 36.0 Å². The fraction of sp³-hybridized carbons (Fsp3) is 0.250. The molecule has 2 aromatic rings. The number of hydrogen-bond donors (Lipinski definition) is 2. The number of nitro groups is 1. The van der Waals surface area contributed by atoms with Crippen LogP contribution in [0.3, 0.4) is 0 Å². The SMILES string of the molecule is O=C(CCCCCN1C(=O)/C(=C/c2ccc3c(c2)OCO3)SC1=S)NNC(=O)c1ccccc1[N+](=O)[O-]. The molecule has 3 amide bonds. The maximum Gasteiger partial charge on any atom is 0.282 e. The third-order valence-electron chi connectivity index (χ3n) is 5.51. The van der Waals surface area contributed by atoms with Gasteiger partial charge >= 0.3 is 0 Å². The van der Waals surface area contributed by atoms with Crippen LogP contribution < -0.4 is 20.3 Å². The van der Waals surface area contributed by atoms with E-state index < -0.39 is 16.7 Å². The molecular formula is C24H22N4O7S2. The maximum atomic E-state index is 12.8. The number of nitro benzene ring substituents is 1. The van der Waals surface area contributed by atoms with Crippen LogP contribution in [-0.4, -0.2) is 45.2 Å². The second-order valence-electron chi connectivity index (χ2n) is 8.03. The Morgan fingerprint density at radius 1 is 1.11 bits per heavy atom. The van der Waals surface area contributed by atoms with Gasteiger partial charge in [0, 0.05) is 19.0 Å². The predicted octanol–water partition coefficient (Wildman–Crippen LogP) is 3.55. The number of para-hydroxylation sites is 1. The number of rotatable bonds is 9. The van der Waals surface area contributed by atoms with Gasteiger partial charge < -0.3 is 9.47 Å². The minimum Gasteiger partial charge on any atom is -0.454 e. The van der Waals surface area contributed by atoms with E-state index in [1.807, 2.05) is 12.1 Å². The Morgan fingerprint density at radius 2 is 1.89 bits per heavy atom. The van der Waals surface area contributed by atoms with E-state index in [1.54, 1.807) is 17.0 Å². The summed E-state index contributed by atoms with van der Waals surface area (Å²) < 4.78 is 11.2. The third kappa shape index (κ3) is 6.43. The largest absolute Gasteiger partial charge is 0.454 e. The Morgan fingerprint density at radius 3 is 2.70 bits per heavy atom. The molecule has 0 aliphatic carbocycles. The minimum atomic E-state index is -0.774. The number of thioether (sulfide) groups is 1. The molecule has 0 aromatic heterocycles. The molecule has 2 N–H and O–H groups in total. The summed E-state index contributed by atoms with van der Waals surface area (Å²) in [5.41, 5.74) is 4.77. The summed E-state index contributed by atoms with van der Waals surface area (Å²) in [5.74, 6) is -0.0636. The number of carbonyl (C=O) groups excluding carboxylic acids is 3. The monoisotopic (exact) mass is 542 g/mol. The molecule has 2 aliphatic rings. The van der Waals surface area contributed by atoms with Crippen molar-refractivity contribution >= 4 is 57.8 Å². The van der Waals surface area contributed by atoms with Crippen LogP contribution in [0.4, 0.5) is 5.69 Å². The van der Waals surface area contributed by atoms with Crippen LogP contribution in [0.1, 0.15) is 41.6 Å². The Labute approximate surface area is 221 Å². The third-order valence-corrected chi connectivity index (χ3v) is 6.89. The smallest absolute Gasteiger partial charge is 0.282 e. The summed E-state index contributed by atoms with van der Waals surface area (Å²) in [5, 5.41) is 11.0. The predicted molar refractivity (Wildman–Crippen MR) is 140 cm³/mol. The van der Waals surface area contributed by atoms with Gasteiger partial charge in [0.25, 0.3) is 17.5 Å². The van der Waals surface area contributed by atoms with E-state index in [0.717, 1.165) is 5.56 Å². The first-order chi connectivity index (χ1) is 17.8. The first-order valence-corrected chi connectivity index (χ1v) is 12.5. The van der Waals surface area contributed by atoms with Crippen molar-refractivity contribution in [1.82, 2.24) is 15.8 Å². The molecule has 2 aliphatic heterocycles. The molecule has 0 unspecified atom stereocenters. The van der Waals surface area contributed by atoms with Crippen LogP contribution in [0, 0.1) is 10.1 Å². The molecular weight excluding hydrogens is 520 g/mol. The number of unbranched alkanes of at least 4 members (excludes halogenated alkanes) is 2. The molecule has 37 heavy (non-hydrogen) atoms. The van der Waals surface area contributed by atoms with Gasteiger partial charge in [0.1, 0.15) is 9.88 Å². The molecule has 2 aromatic carbocycles. The fourth-order valence-corrected chi connectivity index (χ4v) is 4.97. The molecule has 1 saturated heterocycles. The number of carbonyl (C=O) groups is 3. The normalized spacial score (nSPS) is 15.2. The molecule has 4 rings (SSSR count). The van der Waals surface area contributed by atoms with Crippen molar-refractivity contribution < 1.29 is 28.8 Å². The summed E-state index contributed by atoms with van der Waals surface area (Å²) in [7, 11) is 0. The lowest BCUT2D eigenvalue weighted by Gasteiger charge is -2.14. The van der Waals surface area contributed by atoms with Crippen LogP contribution >= 0.6 is 24.0 Å². The standard InChI is InChI=1S/C24H22N4O7S2/c29-21(25-26-22(30)16-6-3-4-7-17(16)28(32)33)8-2-1-5-11-27-23(31)20(37-24(27)36)13-15-9-10-18-19(12-15)35-14-34-18/h3-4,6-7,9-10,12-13H,1-2,5,8,11,14H2,(H,25,29)(H,26,30)/b20-13-. The van der Waals surface area contributed by atoms with Crippen molar-refractivity contribution in [3.8, 4) is 11.5 Å². The van der Waals surface area contributed by atoms with Crippen LogP contribution in [-0.2, 0) is 9.59 Å². The summed E-state index contributed by atoms with van der Waals surface area (Å²) >= 11 is 6.61. The average molecular weight is 543 g/mol. The average Bonchev–Trinajstić information content (AvgIpc) is 3.46. The van der Waals surface area contributed by atoms with E-state index in [4.69, 9.17) is 21.7 Å². The van der Waals surface area contributed by atoms with Crippen molar-refractivity contribution in [2.45, 2.75) is 25.7 Å². The number of fused-ring (bicyclic) bond motifs is 1. The number of ether oxygens (including phenoxy) is 2. The molecule has 13 heteroatoms. The van der Waals surface area contributed by atoms with Gasteiger partial charge in [0.2, 0.25) is 12.7 Å². The number of amides is 3. The molecule has 0 bridgehead atoms. The first-order valence-electron chi connectivity index (χ1n) is 11.3. The Balaban J connectivity index is 1.18. The van der Waals surface area contributed by atoms with Gasteiger partial charge in [0.15, 0.2) is 11.5 Å². The van der Waals surface area contributed by atoms with E-state index in [9.17, 15) is 24.5 Å². The van der Waals surface area contributed by atoms with Gasteiger partial charge in [-0.2, -0.15) is 0 Å². The molecule has 2 heterocycles. The Bertz CT molecular complexity index is 1300. The van der Waals surface area contributed by atoms with Crippen LogP contribution in [0.5, 0.6) is 11.5 Å². The van der Waals surface area contributed by atoms with E-state index in [-0.39, 0.29) is 30.4 Å². The minimum absolute atomic E-state index is 0.138. The molecule has 0 spiro atoms. The summed E-state index contributed by atoms with van der Waals surface area (Å²) in [6, 6.07) is 10.9. The zero-order valence-corrected chi connectivity index (χ0v) is 21.1. The molecule has 0 radical (unpaired) electrons. The van der Waals surface area contributed by atoms with Crippen molar-refractivity contribution in [1.29, 1.82) is 0 Å². The summed E-state index contributed by atoms with van der Waals surface area (Å²) in [6.07, 6.45) is 3.72. The van der Waals surface area contributed by atoms with Gasteiger partial charge in [-0.3, -0.25) is 40.2 Å². The number of thiocarbonyl (C=S) groups is 1. The van der Waals surface area contributed by atoms with Gasteiger partial charge in [-0.1, -0.05) is 48.6 Å². The van der Waals surface area contributed by atoms with Crippen LogP contribution in [0.2, 0.25) is 0 Å². The zero-order chi connectivity index (χ0) is 26.4. The van der Waals surface area contributed by atoms with Crippen molar-refractivity contribution in [3.05, 3.63) is 68.6 Å². The van der Waals surface area contributed by atoms with Crippen LogP contribution in [0.25, 0.3) is 6.08 Å². The van der Waals surface area contributed by atoms with Crippen molar-refractivity contribution in [2.24, 2.45) is 0 Å². The van der Waals surface area contributed by atoms with Gasteiger partial charge in [-0.15, -0.1) is 0 Å². The van der Waals surface area contributed by atoms with Gasteiger partial charge in [-0.25, -0.2) is 0 Å². The maximum absolute atomic E-state index is 12.8. The lowest BCUT2D eigenvalue weighted by atomic mass is 10.1. The number of nitrogens with zero attached hydrogens (tertiary/aromatic N) is 2. The number of nitrogens with one attached hydrogen (secondary N) is 2. The first kappa shape index (κ1) is 26.1. The van der Waals surface area contributed by atoms with E-state index >= 15 is 0 Å². The van der Waals surface area contributed by atoms with Gasteiger partial charge in [-0.05, 0) is 42.7 Å². The highest BCUT2D eigenvalue weighted by Gasteiger charge is 2.31. The lowest BCUT2D eigenvalue weighted by molar-refractivity contribution is -0.385. The molecule has 192 valence electrons. The number of benzene rings is 2. The Hall–Kier alpha value is -3.97. The Kier molecular flexibility index (Phi) is 8.36. The highest BCUT2D eigenvalue weighted by Crippen LogP contribution is 2.36. The van der Waals surface area contributed by atoms with E-state index in [2.05, 4.69) is 10.9 Å². The summed E-state index contributed by atoms with van der Waals surface area (Å²) in [6.45, 7) is 0.606. The lowest BCUT2D eigenvalue weighted by Crippen LogP contribution is -2.41. The van der Waals surface area contributed by atoms with Crippen molar-refractivity contribution in [2.75, 3.05) is 13.3 Å². The molecule has 0 saturated carbocycles. The summed E-state index contributed by atoms with van der Waals surface area (Å²) in [4.78, 5) is 49.4. The second kappa shape index (κ2) is 11.8. The number of hydrazine groups is 1. The number of hydrogen-bond acceptors (Lipinski definition) is 9. The van der Waals surface area contributed by atoms with E-state index in [0.29, 0.717) is 46.5 Å². The zero-order valence-electron chi connectivity index (χ0n) is 19.4. The van der Waals surface area contributed by atoms with Crippen LogP contribution in [0.15, 0.2) is 47.4 Å². The topological polar surface area (TPSA) is 140 Å². The van der Waals surface area contributed by atoms with Gasteiger partial charge in [0.05, 0.1) is 9.83 Å². The quantitative estimate of drug-likeness (QED) is 0.160. The highest BCUT2D eigenvalue weighted by atomic mass is 32.2. The molecule has 0 atom stereocenters. The molecule has 1 fully saturated rings. The molecule has 11 nitrogen and oxygen atoms in total. The second-order valence-corrected chi connectivity index (χ2v) is 9.71. The highest BCUT2D eigenvalue weighted by molar-refractivity contribution is 8.26.